The molecule has 194 valence electrons. The van der Waals surface area contributed by atoms with Crippen LogP contribution < -0.4 is 0 Å². The lowest BCUT2D eigenvalue weighted by atomic mass is 9.49. The highest BCUT2D eigenvalue weighted by atomic mass is 16.6. The molecule has 0 spiro atoms. The van der Waals surface area contributed by atoms with E-state index in [0.717, 1.165) is 28.4 Å². The number of nitro groups is 1. The number of para-hydroxylation sites is 1. The van der Waals surface area contributed by atoms with Crippen molar-refractivity contribution in [2.75, 3.05) is 28.4 Å². The Kier molecular flexibility index (Phi) is 7.34. The molecule has 36 heavy (non-hydrogen) atoms. The number of esters is 4. The smallest absolute Gasteiger partial charge is 0.337 e. The molecule has 0 amide bonds. The fourth-order valence-electron chi connectivity index (χ4n) is 5.61. The van der Waals surface area contributed by atoms with Gasteiger partial charge in [-0.1, -0.05) is 18.2 Å². The minimum atomic E-state index is -2.77. The SMILES string of the molecule is COC(=O)C1=C(O)C(C(=O)OC)[C@@]2(O)[C@@H](C(=O)OC)C(c3ccccc3[N+](=O)[O-])C[C@@H]1[C@@H]2C(=O)OC. The lowest BCUT2D eigenvalue weighted by Crippen LogP contribution is -2.68. The molecule has 2 aliphatic rings. The van der Waals surface area contributed by atoms with Gasteiger partial charge < -0.3 is 29.2 Å². The van der Waals surface area contributed by atoms with E-state index in [9.17, 15) is 39.5 Å². The zero-order valence-electron chi connectivity index (χ0n) is 19.8. The number of rotatable bonds is 6. The number of benzene rings is 1. The molecule has 1 saturated carbocycles. The lowest BCUT2D eigenvalue weighted by molar-refractivity contribution is -0.386. The number of methoxy groups -OCH3 is 4. The van der Waals surface area contributed by atoms with Crippen molar-refractivity contribution < 1.29 is 53.3 Å². The van der Waals surface area contributed by atoms with Gasteiger partial charge in [-0.25, -0.2) is 4.79 Å². The van der Waals surface area contributed by atoms with E-state index in [1.807, 2.05) is 0 Å². The standard InChI is InChI=1S/C23H25NO12/c1-33-19(26)14-12-9-11(10-7-5-6-8-13(10)24(31)32)15(20(27)34-2)23(30,16(12)21(28)35-3)17(18(14)25)22(29)36-4/h5-8,11-12,15-17,25,30H,9H2,1-4H3/t11?,12-,15+,16+,17?,23+/m0/s1. The molecule has 13 heteroatoms. The van der Waals surface area contributed by atoms with E-state index >= 15 is 0 Å². The van der Waals surface area contributed by atoms with Crippen LogP contribution >= 0.6 is 0 Å². The minimum absolute atomic E-state index is 0.0149. The molecule has 0 heterocycles. The molecular weight excluding hydrogens is 482 g/mol. The van der Waals surface area contributed by atoms with Crippen LogP contribution in [0, 0.1) is 33.8 Å². The van der Waals surface area contributed by atoms with Crippen LogP contribution in [0.15, 0.2) is 35.6 Å². The summed E-state index contributed by atoms with van der Waals surface area (Å²) in [7, 11) is 3.93. The number of carbonyl (C=O) groups is 4. The number of hydrogen-bond acceptors (Lipinski definition) is 12. The number of hydrogen-bond donors (Lipinski definition) is 2. The van der Waals surface area contributed by atoms with E-state index in [1.54, 1.807) is 0 Å². The lowest BCUT2D eigenvalue weighted by Gasteiger charge is -2.55. The summed E-state index contributed by atoms with van der Waals surface area (Å²) >= 11 is 0. The van der Waals surface area contributed by atoms with Gasteiger partial charge in [0.1, 0.15) is 17.3 Å². The Morgan fingerprint density at radius 2 is 1.44 bits per heavy atom. The maximum absolute atomic E-state index is 13.2. The zero-order valence-corrected chi connectivity index (χ0v) is 19.8. The second-order valence-corrected chi connectivity index (χ2v) is 8.40. The van der Waals surface area contributed by atoms with E-state index in [4.69, 9.17) is 18.9 Å². The molecule has 1 aromatic carbocycles. The number of carbonyl (C=O) groups excluding carboxylic acids is 4. The predicted octanol–water partition coefficient (Wildman–Crippen LogP) is 0.796. The van der Waals surface area contributed by atoms with Crippen molar-refractivity contribution >= 4 is 29.6 Å². The topological polar surface area (TPSA) is 189 Å². The fourth-order valence-corrected chi connectivity index (χ4v) is 5.61. The van der Waals surface area contributed by atoms with Gasteiger partial charge in [-0.2, -0.15) is 0 Å². The molecule has 13 nitrogen and oxygen atoms in total. The van der Waals surface area contributed by atoms with Gasteiger partial charge >= 0.3 is 23.9 Å². The van der Waals surface area contributed by atoms with Gasteiger partial charge in [0, 0.05) is 23.5 Å². The molecule has 2 unspecified atom stereocenters. The van der Waals surface area contributed by atoms with Crippen molar-refractivity contribution in [3.05, 3.63) is 51.3 Å². The van der Waals surface area contributed by atoms with E-state index in [2.05, 4.69) is 0 Å². The largest absolute Gasteiger partial charge is 0.511 e. The third kappa shape index (κ3) is 3.85. The number of aliphatic hydroxyl groups excluding tert-OH is 1. The Labute approximate surface area is 204 Å². The number of nitrogens with zero attached hydrogens (tertiary/aromatic N) is 1. The minimum Gasteiger partial charge on any atom is -0.511 e. The van der Waals surface area contributed by atoms with E-state index in [0.29, 0.717) is 0 Å². The maximum Gasteiger partial charge on any atom is 0.337 e. The predicted molar refractivity (Wildman–Crippen MR) is 117 cm³/mol. The first kappa shape index (κ1) is 26.6. The summed E-state index contributed by atoms with van der Waals surface area (Å²) in [4.78, 5) is 63.0. The van der Waals surface area contributed by atoms with Crippen LogP contribution in [0.4, 0.5) is 5.69 Å². The van der Waals surface area contributed by atoms with Crippen molar-refractivity contribution in [3.63, 3.8) is 0 Å². The summed E-state index contributed by atoms with van der Waals surface area (Å²) in [6.07, 6.45) is -0.324. The molecule has 2 aliphatic carbocycles. The first-order valence-electron chi connectivity index (χ1n) is 10.7. The van der Waals surface area contributed by atoms with Crippen LogP contribution in [-0.4, -0.2) is 73.1 Å². The maximum atomic E-state index is 13.2. The second kappa shape index (κ2) is 9.93. The van der Waals surface area contributed by atoms with Crippen molar-refractivity contribution in [2.45, 2.75) is 17.9 Å². The summed E-state index contributed by atoms with van der Waals surface area (Å²) in [5.41, 5.74) is -3.71. The highest BCUT2D eigenvalue weighted by Crippen LogP contribution is 2.60. The van der Waals surface area contributed by atoms with Crippen LogP contribution in [0.25, 0.3) is 0 Å². The van der Waals surface area contributed by atoms with Crippen LogP contribution in [0.1, 0.15) is 17.9 Å². The molecule has 2 N–H and O–H groups in total. The third-order valence-electron chi connectivity index (χ3n) is 6.98. The van der Waals surface area contributed by atoms with Crippen LogP contribution in [-0.2, 0) is 38.1 Å². The molecule has 1 aromatic rings. The Morgan fingerprint density at radius 3 is 1.94 bits per heavy atom. The number of nitro benzene ring substituents is 1. The summed E-state index contributed by atoms with van der Waals surface area (Å²) in [6, 6.07) is 5.40. The van der Waals surface area contributed by atoms with Crippen molar-refractivity contribution in [3.8, 4) is 0 Å². The van der Waals surface area contributed by atoms with Crippen molar-refractivity contribution in [1.82, 2.24) is 0 Å². The number of ether oxygens (including phenoxy) is 4. The van der Waals surface area contributed by atoms with E-state index in [1.165, 1.54) is 24.3 Å². The van der Waals surface area contributed by atoms with Gasteiger partial charge in [-0.05, 0) is 6.42 Å². The molecule has 2 bridgehead atoms. The van der Waals surface area contributed by atoms with Crippen molar-refractivity contribution in [2.24, 2.45) is 23.7 Å². The number of fused-ring (bicyclic) bond motifs is 2. The Morgan fingerprint density at radius 1 is 0.917 bits per heavy atom. The van der Waals surface area contributed by atoms with Crippen LogP contribution in [0.3, 0.4) is 0 Å². The molecule has 0 aliphatic heterocycles. The summed E-state index contributed by atoms with van der Waals surface area (Å²) < 4.78 is 19.2. The summed E-state index contributed by atoms with van der Waals surface area (Å²) in [5, 5.41) is 35.0. The summed E-state index contributed by atoms with van der Waals surface area (Å²) in [6.45, 7) is 0. The van der Waals surface area contributed by atoms with Crippen molar-refractivity contribution in [1.29, 1.82) is 0 Å². The molecule has 0 radical (unpaired) electrons. The number of aliphatic hydroxyl groups is 2. The Balaban J connectivity index is 2.46. The molecule has 1 fully saturated rings. The molecular formula is C23H25NO12. The third-order valence-corrected chi connectivity index (χ3v) is 6.98. The zero-order chi connectivity index (χ0) is 26.9. The molecule has 0 saturated heterocycles. The quantitative estimate of drug-likeness (QED) is 0.239. The van der Waals surface area contributed by atoms with Gasteiger partial charge in [-0.15, -0.1) is 0 Å². The van der Waals surface area contributed by atoms with Gasteiger partial charge in [0.25, 0.3) is 5.69 Å². The van der Waals surface area contributed by atoms with Gasteiger partial charge in [0.15, 0.2) is 0 Å². The van der Waals surface area contributed by atoms with Gasteiger partial charge in [-0.3, -0.25) is 24.5 Å². The van der Waals surface area contributed by atoms with Crippen LogP contribution in [0.2, 0.25) is 0 Å². The Bertz CT molecular complexity index is 1140. The average molecular weight is 507 g/mol. The summed E-state index contributed by atoms with van der Waals surface area (Å²) in [5.74, 6) is -13.8. The monoisotopic (exact) mass is 507 g/mol. The van der Waals surface area contributed by atoms with E-state index < -0.39 is 81.0 Å². The first-order valence-corrected chi connectivity index (χ1v) is 10.7. The fraction of sp³-hybridized carbons (Fsp3) is 0.478. The Hall–Kier alpha value is -4.00. The first-order chi connectivity index (χ1) is 17.0. The van der Waals surface area contributed by atoms with Crippen LogP contribution in [0.5, 0.6) is 0 Å². The second-order valence-electron chi connectivity index (χ2n) is 8.40. The van der Waals surface area contributed by atoms with Gasteiger partial charge in [0.05, 0.1) is 50.8 Å². The average Bonchev–Trinajstić information content (AvgIpc) is 2.86. The highest BCUT2D eigenvalue weighted by molar-refractivity contribution is 5.96. The normalized spacial score (nSPS) is 29.1. The molecule has 3 rings (SSSR count). The van der Waals surface area contributed by atoms with Gasteiger partial charge in [0.2, 0.25) is 0 Å². The van der Waals surface area contributed by atoms with E-state index in [-0.39, 0.29) is 12.0 Å². The highest BCUT2D eigenvalue weighted by Gasteiger charge is 2.71. The molecule has 6 atom stereocenters. The molecule has 0 aromatic heterocycles.